The average Bonchev–Trinajstić information content (AvgIpc) is 2.59. The van der Waals surface area contributed by atoms with Crippen LogP contribution in [0.15, 0.2) is 14.3 Å². The Morgan fingerprint density at radius 2 is 2.12 bits per heavy atom. The molecular formula is C10H12Br2N2O2S. The van der Waals surface area contributed by atoms with Gasteiger partial charge in [0, 0.05) is 11.0 Å². The Labute approximate surface area is 120 Å². The number of hydrogen-bond acceptors (Lipinski definition) is 3. The minimum Gasteiger partial charge on any atom is -0.355 e. The van der Waals surface area contributed by atoms with Crippen molar-refractivity contribution < 1.29 is 9.59 Å². The molecule has 0 bridgehead atoms. The van der Waals surface area contributed by atoms with Gasteiger partial charge >= 0.3 is 0 Å². The summed E-state index contributed by atoms with van der Waals surface area (Å²) in [6.07, 6.45) is 0. The molecule has 4 nitrogen and oxygen atoms in total. The van der Waals surface area contributed by atoms with Gasteiger partial charge in [-0.05, 0) is 51.8 Å². The van der Waals surface area contributed by atoms with E-state index < -0.39 is 6.04 Å². The molecule has 0 saturated carbocycles. The first-order valence-corrected chi connectivity index (χ1v) is 7.39. The van der Waals surface area contributed by atoms with Crippen LogP contribution in [-0.2, 0) is 4.79 Å². The lowest BCUT2D eigenvalue weighted by atomic mass is 10.3. The Morgan fingerprint density at radius 1 is 1.47 bits per heavy atom. The monoisotopic (exact) mass is 382 g/mol. The lowest BCUT2D eigenvalue weighted by molar-refractivity contribution is -0.122. The van der Waals surface area contributed by atoms with Crippen molar-refractivity contribution in [2.45, 2.75) is 19.9 Å². The number of hydrogen-bond donors (Lipinski definition) is 2. The molecule has 1 aromatic rings. The smallest absolute Gasteiger partial charge is 0.262 e. The van der Waals surface area contributed by atoms with Crippen molar-refractivity contribution in [1.82, 2.24) is 10.6 Å². The number of carbonyl (C=O) groups excluding carboxylic acids is 2. The summed E-state index contributed by atoms with van der Waals surface area (Å²) in [5.41, 5.74) is 0. The number of carbonyl (C=O) groups is 2. The Kier molecular flexibility index (Phi) is 5.61. The molecule has 0 aromatic carbocycles. The van der Waals surface area contributed by atoms with Crippen molar-refractivity contribution in [3.05, 3.63) is 19.2 Å². The van der Waals surface area contributed by atoms with Gasteiger partial charge < -0.3 is 10.6 Å². The van der Waals surface area contributed by atoms with Crippen LogP contribution in [-0.4, -0.2) is 24.4 Å². The summed E-state index contributed by atoms with van der Waals surface area (Å²) in [7, 11) is 0. The van der Waals surface area contributed by atoms with Crippen LogP contribution in [0, 0.1) is 0 Å². The number of rotatable bonds is 4. The molecule has 2 N–H and O–H groups in total. The zero-order chi connectivity index (χ0) is 13.0. The topological polar surface area (TPSA) is 58.2 Å². The molecule has 0 aliphatic heterocycles. The molecular weight excluding hydrogens is 372 g/mol. The molecule has 0 aliphatic carbocycles. The average molecular weight is 384 g/mol. The fraction of sp³-hybridized carbons (Fsp3) is 0.400. The molecule has 1 heterocycles. The summed E-state index contributed by atoms with van der Waals surface area (Å²) in [6, 6.07) is 1.18. The van der Waals surface area contributed by atoms with Crippen LogP contribution in [0.4, 0.5) is 0 Å². The van der Waals surface area contributed by atoms with Crippen molar-refractivity contribution in [3.8, 4) is 0 Å². The Hall–Kier alpha value is -0.400. The predicted molar refractivity (Wildman–Crippen MR) is 75.3 cm³/mol. The third kappa shape index (κ3) is 4.08. The van der Waals surface area contributed by atoms with E-state index in [1.807, 2.05) is 6.92 Å². The van der Waals surface area contributed by atoms with Gasteiger partial charge in [0.1, 0.15) is 6.04 Å². The molecule has 0 fully saturated rings. The highest BCUT2D eigenvalue weighted by molar-refractivity contribution is 9.13. The quantitative estimate of drug-likeness (QED) is 0.839. The van der Waals surface area contributed by atoms with Crippen LogP contribution >= 0.6 is 43.2 Å². The summed E-state index contributed by atoms with van der Waals surface area (Å²) in [4.78, 5) is 23.8. The second-order valence-corrected chi connectivity index (χ2v) is 6.55. The van der Waals surface area contributed by atoms with E-state index >= 15 is 0 Å². The van der Waals surface area contributed by atoms with Gasteiger partial charge in [-0.25, -0.2) is 0 Å². The van der Waals surface area contributed by atoms with E-state index in [0.29, 0.717) is 11.4 Å². The Bertz CT molecular complexity index is 414. The van der Waals surface area contributed by atoms with E-state index in [-0.39, 0.29) is 11.8 Å². The zero-order valence-corrected chi connectivity index (χ0v) is 13.3. The van der Waals surface area contributed by atoms with Gasteiger partial charge in [-0.2, -0.15) is 0 Å². The maximum atomic E-state index is 11.8. The number of amides is 2. The van der Waals surface area contributed by atoms with Gasteiger partial charge in [0.25, 0.3) is 5.91 Å². The van der Waals surface area contributed by atoms with Crippen LogP contribution < -0.4 is 10.6 Å². The largest absolute Gasteiger partial charge is 0.355 e. The molecule has 0 spiro atoms. The van der Waals surface area contributed by atoms with Crippen molar-refractivity contribution in [2.75, 3.05) is 6.54 Å². The summed E-state index contributed by atoms with van der Waals surface area (Å²) >= 11 is 7.94. The lowest BCUT2D eigenvalue weighted by Gasteiger charge is -2.12. The number of thiophene rings is 1. The molecule has 1 atom stereocenters. The molecule has 2 amide bonds. The van der Waals surface area contributed by atoms with E-state index in [1.54, 1.807) is 13.0 Å². The molecule has 0 saturated heterocycles. The highest BCUT2D eigenvalue weighted by Gasteiger charge is 2.18. The second kappa shape index (κ2) is 6.51. The molecule has 94 valence electrons. The first-order chi connectivity index (χ1) is 7.95. The minimum absolute atomic E-state index is 0.185. The van der Waals surface area contributed by atoms with Crippen LogP contribution in [0.1, 0.15) is 23.5 Å². The summed E-state index contributed by atoms with van der Waals surface area (Å²) in [5.74, 6) is -0.435. The molecule has 7 heteroatoms. The normalized spacial score (nSPS) is 12.0. The molecule has 1 aromatic heterocycles. The molecule has 0 aliphatic rings. The van der Waals surface area contributed by atoms with Crippen molar-refractivity contribution in [2.24, 2.45) is 0 Å². The Morgan fingerprint density at radius 3 is 2.59 bits per heavy atom. The first kappa shape index (κ1) is 14.7. The number of nitrogens with one attached hydrogen (secondary N) is 2. The SMILES string of the molecule is CCNC(=O)[C@@H](C)NC(=O)c1cc(Br)c(Br)s1. The van der Waals surface area contributed by atoms with Crippen molar-refractivity contribution >= 4 is 55.0 Å². The minimum atomic E-state index is -0.540. The maximum Gasteiger partial charge on any atom is 0.262 e. The van der Waals surface area contributed by atoms with Crippen LogP contribution in [0.5, 0.6) is 0 Å². The van der Waals surface area contributed by atoms with E-state index in [0.717, 1.165) is 8.26 Å². The maximum absolute atomic E-state index is 11.8. The molecule has 0 unspecified atom stereocenters. The standard InChI is InChI=1S/C10H12Br2N2O2S/c1-3-13-9(15)5(2)14-10(16)7-4-6(11)8(12)17-7/h4-5H,3H2,1-2H3,(H,13,15)(H,14,16)/t5-/m1/s1. The van der Waals surface area contributed by atoms with Crippen molar-refractivity contribution in [1.29, 1.82) is 0 Å². The van der Waals surface area contributed by atoms with Gasteiger partial charge in [-0.3, -0.25) is 9.59 Å². The van der Waals surface area contributed by atoms with Gasteiger partial charge in [0.2, 0.25) is 5.91 Å². The zero-order valence-electron chi connectivity index (χ0n) is 9.34. The third-order valence-electron chi connectivity index (χ3n) is 1.96. The number of halogens is 2. The summed E-state index contributed by atoms with van der Waals surface area (Å²) in [5, 5.41) is 5.29. The first-order valence-electron chi connectivity index (χ1n) is 4.99. The van der Waals surface area contributed by atoms with E-state index in [1.165, 1.54) is 11.3 Å². The van der Waals surface area contributed by atoms with Gasteiger partial charge in [0.05, 0.1) is 8.66 Å². The lowest BCUT2D eigenvalue weighted by Crippen LogP contribution is -2.44. The van der Waals surface area contributed by atoms with Gasteiger partial charge in [-0.1, -0.05) is 0 Å². The predicted octanol–water partition coefficient (Wildman–Crippen LogP) is 2.53. The van der Waals surface area contributed by atoms with E-state index in [2.05, 4.69) is 42.5 Å². The van der Waals surface area contributed by atoms with E-state index in [4.69, 9.17) is 0 Å². The van der Waals surface area contributed by atoms with Gasteiger partial charge in [0.15, 0.2) is 0 Å². The summed E-state index contributed by atoms with van der Waals surface area (Å²) in [6.45, 7) is 4.04. The van der Waals surface area contributed by atoms with Crippen LogP contribution in [0.2, 0.25) is 0 Å². The van der Waals surface area contributed by atoms with Crippen LogP contribution in [0.25, 0.3) is 0 Å². The molecule has 17 heavy (non-hydrogen) atoms. The van der Waals surface area contributed by atoms with E-state index in [9.17, 15) is 9.59 Å². The number of likely N-dealkylation sites (N-methyl/N-ethyl adjacent to an activating group) is 1. The van der Waals surface area contributed by atoms with Crippen LogP contribution in [0.3, 0.4) is 0 Å². The highest BCUT2D eigenvalue weighted by atomic mass is 79.9. The Balaban J connectivity index is 2.63. The van der Waals surface area contributed by atoms with Gasteiger partial charge in [-0.15, -0.1) is 11.3 Å². The third-order valence-corrected chi connectivity index (χ3v) is 5.22. The highest BCUT2D eigenvalue weighted by Crippen LogP contribution is 2.32. The second-order valence-electron chi connectivity index (χ2n) is 3.32. The fourth-order valence-corrected chi connectivity index (χ4v) is 3.06. The molecule has 1 rings (SSSR count). The molecule has 0 radical (unpaired) electrons. The summed E-state index contributed by atoms with van der Waals surface area (Å²) < 4.78 is 1.69. The van der Waals surface area contributed by atoms with Crippen molar-refractivity contribution in [3.63, 3.8) is 0 Å². The fourth-order valence-electron chi connectivity index (χ4n) is 1.12.